The maximum Gasteiger partial charge on any atom is 0.218 e. The first-order valence-electron chi connectivity index (χ1n) is 7.35. The summed E-state index contributed by atoms with van der Waals surface area (Å²) in [5.74, 6) is 3.76. The van der Waals surface area contributed by atoms with Crippen molar-refractivity contribution in [3.8, 4) is 5.88 Å². The molecule has 19 heavy (non-hydrogen) atoms. The third-order valence-electron chi connectivity index (χ3n) is 4.15. The first-order valence-corrected chi connectivity index (χ1v) is 7.35. The number of hydrogen-bond acceptors (Lipinski definition) is 4. The maximum absolute atomic E-state index is 5.47. The van der Waals surface area contributed by atoms with Crippen LogP contribution < -0.4 is 10.1 Å². The van der Waals surface area contributed by atoms with Crippen molar-refractivity contribution in [1.29, 1.82) is 0 Å². The second-order valence-electron chi connectivity index (χ2n) is 5.59. The molecule has 106 valence electrons. The maximum atomic E-state index is 5.47. The van der Waals surface area contributed by atoms with Crippen LogP contribution in [0.15, 0.2) is 6.07 Å². The molecule has 0 saturated heterocycles. The van der Waals surface area contributed by atoms with Gasteiger partial charge in [0.15, 0.2) is 0 Å². The highest BCUT2D eigenvalue weighted by atomic mass is 16.5. The first-order chi connectivity index (χ1) is 9.10. The molecular formula is C15H25N3O. The van der Waals surface area contributed by atoms with Gasteiger partial charge in [0.2, 0.25) is 5.88 Å². The Labute approximate surface area is 116 Å². The van der Waals surface area contributed by atoms with Crippen LogP contribution in [0, 0.1) is 18.8 Å². The third kappa shape index (κ3) is 3.58. The number of aryl methyl sites for hydroxylation is 1. The number of nitrogens with one attached hydrogen (secondary N) is 1. The van der Waals surface area contributed by atoms with Gasteiger partial charge in [0.05, 0.1) is 6.61 Å². The Kier molecular flexibility index (Phi) is 4.61. The Morgan fingerprint density at radius 1 is 1.32 bits per heavy atom. The predicted molar refractivity (Wildman–Crippen MR) is 77.5 cm³/mol. The summed E-state index contributed by atoms with van der Waals surface area (Å²) >= 11 is 0. The van der Waals surface area contributed by atoms with Crippen LogP contribution in [-0.4, -0.2) is 22.6 Å². The van der Waals surface area contributed by atoms with E-state index in [0.29, 0.717) is 24.4 Å². The number of hydrogen-bond donors (Lipinski definition) is 1. The molecule has 0 amide bonds. The van der Waals surface area contributed by atoms with E-state index in [1.54, 1.807) is 0 Å². The van der Waals surface area contributed by atoms with Gasteiger partial charge in [-0.3, -0.25) is 0 Å². The SMILES string of the molecule is CCOc1cc(NC2CCCC(C)C2C)nc(C)n1. The lowest BCUT2D eigenvalue weighted by molar-refractivity contribution is 0.252. The molecule has 0 radical (unpaired) electrons. The molecular weight excluding hydrogens is 238 g/mol. The molecule has 1 N–H and O–H groups in total. The number of rotatable bonds is 4. The highest BCUT2D eigenvalue weighted by Gasteiger charge is 2.27. The van der Waals surface area contributed by atoms with Crippen molar-refractivity contribution in [3.05, 3.63) is 11.9 Å². The van der Waals surface area contributed by atoms with Gasteiger partial charge in [-0.05, 0) is 32.1 Å². The molecule has 0 aromatic carbocycles. The first kappa shape index (κ1) is 14.1. The summed E-state index contributed by atoms with van der Waals surface area (Å²) in [6, 6.07) is 2.41. The van der Waals surface area contributed by atoms with E-state index in [0.717, 1.165) is 17.6 Å². The average molecular weight is 263 g/mol. The van der Waals surface area contributed by atoms with Crippen LogP contribution in [0.3, 0.4) is 0 Å². The van der Waals surface area contributed by atoms with Crippen molar-refractivity contribution in [2.45, 2.75) is 53.0 Å². The predicted octanol–water partition coefficient (Wildman–Crippen LogP) is 3.42. The van der Waals surface area contributed by atoms with E-state index in [2.05, 4.69) is 29.1 Å². The molecule has 2 rings (SSSR count). The topological polar surface area (TPSA) is 47.0 Å². The molecule has 1 aromatic heterocycles. The van der Waals surface area contributed by atoms with Crippen LogP contribution in [0.4, 0.5) is 5.82 Å². The summed E-state index contributed by atoms with van der Waals surface area (Å²) in [5.41, 5.74) is 0. The molecule has 1 heterocycles. The molecule has 1 aliphatic carbocycles. The van der Waals surface area contributed by atoms with Gasteiger partial charge in [0.1, 0.15) is 11.6 Å². The zero-order valence-electron chi connectivity index (χ0n) is 12.4. The van der Waals surface area contributed by atoms with Gasteiger partial charge in [-0.1, -0.05) is 26.7 Å². The summed E-state index contributed by atoms with van der Waals surface area (Å²) in [4.78, 5) is 8.74. The van der Waals surface area contributed by atoms with Crippen molar-refractivity contribution >= 4 is 5.82 Å². The van der Waals surface area contributed by atoms with E-state index in [9.17, 15) is 0 Å². The third-order valence-corrected chi connectivity index (χ3v) is 4.15. The van der Waals surface area contributed by atoms with E-state index in [4.69, 9.17) is 4.74 Å². The fraction of sp³-hybridized carbons (Fsp3) is 0.733. The molecule has 4 nitrogen and oxygen atoms in total. The van der Waals surface area contributed by atoms with Crippen molar-refractivity contribution in [2.75, 3.05) is 11.9 Å². The Bertz CT molecular complexity index is 422. The number of ether oxygens (including phenoxy) is 1. The highest BCUT2D eigenvalue weighted by molar-refractivity contribution is 5.39. The summed E-state index contributed by atoms with van der Waals surface area (Å²) in [7, 11) is 0. The minimum absolute atomic E-state index is 0.507. The molecule has 4 heteroatoms. The lowest BCUT2D eigenvalue weighted by atomic mass is 9.78. The smallest absolute Gasteiger partial charge is 0.218 e. The normalized spacial score (nSPS) is 27.1. The zero-order valence-corrected chi connectivity index (χ0v) is 12.4. The molecule has 0 bridgehead atoms. The van der Waals surface area contributed by atoms with Gasteiger partial charge < -0.3 is 10.1 Å². The molecule has 1 fully saturated rings. The Morgan fingerprint density at radius 3 is 2.84 bits per heavy atom. The molecule has 0 spiro atoms. The number of nitrogens with zero attached hydrogens (tertiary/aromatic N) is 2. The standard InChI is InChI=1S/C15H25N3O/c1-5-19-15-9-14(16-12(4)17-15)18-13-8-6-7-10(2)11(13)3/h9-11,13H,5-8H2,1-4H3,(H,16,17,18). The van der Waals surface area contributed by atoms with E-state index < -0.39 is 0 Å². The van der Waals surface area contributed by atoms with Crippen LogP contribution in [0.25, 0.3) is 0 Å². The quantitative estimate of drug-likeness (QED) is 0.904. The molecule has 1 saturated carbocycles. The monoisotopic (exact) mass is 263 g/mol. The molecule has 3 unspecified atom stereocenters. The van der Waals surface area contributed by atoms with Gasteiger partial charge in [0.25, 0.3) is 0 Å². The molecule has 0 aliphatic heterocycles. The van der Waals surface area contributed by atoms with Crippen molar-refractivity contribution in [1.82, 2.24) is 9.97 Å². The summed E-state index contributed by atoms with van der Waals surface area (Å²) in [6.45, 7) is 9.18. The Morgan fingerprint density at radius 2 is 2.11 bits per heavy atom. The Balaban J connectivity index is 2.09. The van der Waals surface area contributed by atoms with Gasteiger partial charge >= 0.3 is 0 Å². The largest absolute Gasteiger partial charge is 0.478 e. The van der Waals surface area contributed by atoms with Crippen LogP contribution in [0.1, 0.15) is 45.9 Å². The van der Waals surface area contributed by atoms with E-state index in [1.165, 1.54) is 19.3 Å². The van der Waals surface area contributed by atoms with Crippen molar-refractivity contribution < 1.29 is 4.74 Å². The van der Waals surface area contributed by atoms with Crippen LogP contribution in [-0.2, 0) is 0 Å². The minimum atomic E-state index is 0.507. The van der Waals surface area contributed by atoms with Gasteiger partial charge in [-0.15, -0.1) is 0 Å². The molecule has 1 aliphatic rings. The Hall–Kier alpha value is -1.32. The second-order valence-corrected chi connectivity index (χ2v) is 5.59. The lowest BCUT2D eigenvalue weighted by Gasteiger charge is -2.35. The minimum Gasteiger partial charge on any atom is -0.478 e. The van der Waals surface area contributed by atoms with Crippen LogP contribution in [0.2, 0.25) is 0 Å². The fourth-order valence-electron chi connectivity index (χ4n) is 2.81. The van der Waals surface area contributed by atoms with E-state index in [-0.39, 0.29) is 0 Å². The van der Waals surface area contributed by atoms with E-state index in [1.807, 2.05) is 19.9 Å². The lowest BCUT2D eigenvalue weighted by Crippen LogP contribution is -2.35. The van der Waals surface area contributed by atoms with Crippen LogP contribution in [0.5, 0.6) is 5.88 Å². The highest BCUT2D eigenvalue weighted by Crippen LogP contribution is 2.31. The second kappa shape index (κ2) is 6.22. The zero-order chi connectivity index (χ0) is 13.8. The average Bonchev–Trinajstić information content (AvgIpc) is 2.35. The van der Waals surface area contributed by atoms with E-state index >= 15 is 0 Å². The van der Waals surface area contributed by atoms with Crippen molar-refractivity contribution in [2.24, 2.45) is 11.8 Å². The van der Waals surface area contributed by atoms with Gasteiger partial charge in [0, 0.05) is 12.1 Å². The van der Waals surface area contributed by atoms with Gasteiger partial charge in [-0.25, -0.2) is 4.98 Å². The summed E-state index contributed by atoms with van der Waals surface area (Å²) < 4.78 is 5.47. The molecule has 1 aromatic rings. The van der Waals surface area contributed by atoms with Gasteiger partial charge in [-0.2, -0.15) is 4.98 Å². The molecule has 3 atom stereocenters. The fourth-order valence-corrected chi connectivity index (χ4v) is 2.81. The number of anilines is 1. The summed E-state index contributed by atoms with van der Waals surface area (Å²) in [5, 5.41) is 3.57. The number of aromatic nitrogens is 2. The van der Waals surface area contributed by atoms with Crippen LogP contribution >= 0.6 is 0 Å². The van der Waals surface area contributed by atoms with Crippen molar-refractivity contribution in [3.63, 3.8) is 0 Å². The summed E-state index contributed by atoms with van der Waals surface area (Å²) in [6.07, 6.45) is 3.86.